The summed E-state index contributed by atoms with van der Waals surface area (Å²) in [6, 6.07) is 13.8. The molecule has 3 aromatic rings. The molecule has 0 radical (unpaired) electrons. The van der Waals surface area contributed by atoms with Gasteiger partial charge in [-0.2, -0.15) is 5.10 Å². The Balaban J connectivity index is 1.46. The van der Waals surface area contributed by atoms with E-state index < -0.39 is 10.0 Å². The van der Waals surface area contributed by atoms with Crippen molar-refractivity contribution in [1.82, 2.24) is 19.6 Å². The molecule has 168 valence electrons. The lowest BCUT2D eigenvalue weighted by Gasteiger charge is -2.30. The van der Waals surface area contributed by atoms with E-state index in [1.807, 2.05) is 58.7 Å². The molecule has 0 N–H and O–H groups in total. The van der Waals surface area contributed by atoms with E-state index in [9.17, 15) is 13.2 Å². The largest absolute Gasteiger partial charge is 0.337 e. The van der Waals surface area contributed by atoms with Gasteiger partial charge in [-0.15, -0.1) is 15.7 Å². The Morgan fingerprint density at radius 2 is 2.00 bits per heavy atom. The molecule has 2 aliphatic rings. The Morgan fingerprint density at radius 1 is 1.18 bits per heavy atom. The van der Waals surface area contributed by atoms with Crippen LogP contribution in [0.25, 0.3) is 16.3 Å². The highest BCUT2D eigenvalue weighted by Gasteiger charge is 2.31. The lowest BCUT2D eigenvalue weighted by atomic mass is 10.1. The second-order valence-electron chi connectivity index (χ2n) is 7.74. The Morgan fingerprint density at radius 3 is 2.76 bits per heavy atom. The number of allylic oxidation sites excluding steroid dienone is 2. The summed E-state index contributed by atoms with van der Waals surface area (Å²) < 4.78 is 29.8. The van der Waals surface area contributed by atoms with Crippen LogP contribution in [-0.4, -0.2) is 59.1 Å². The number of amidine groups is 1. The molecule has 10 heteroatoms. The average molecular weight is 480 g/mol. The number of thiophene rings is 1. The topological polar surface area (TPSA) is 87.9 Å². The predicted molar refractivity (Wildman–Crippen MR) is 129 cm³/mol. The number of hydrogen-bond donors (Lipinski definition) is 0. The summed E-state index contributed by atoms with van der Waals surface area (Å²) in [7, 11) is -1.88. The molecule has 8 nitrogen and oxygen atoms in total. The zero-order valence-electron chi connectivity index (χ0n) is 17.8. The van der Waals surface area contributed by atoms with Gasteiger partial charge in [0.25, 0.3) is 15.9 Å². The first-order valence-electron chi connectivity index (χ1n) is 10.3. The van der Waals surface area contributed by atoms with Gasteiger partial charge in [0.05, 0.1) is 21.9 Å². The van der Waals surface area contributed by atoms with Crippen molar-refractivity contribution in [3.8, 4) is 16.3 Å². The van der Waals surface area contributed by atoms with Crippen LogP contribution in [0.4, 0.5) is 0 Å². The van der Waals surface area contributed by atoms with Crippen LogP contribution in [0.2, 0.25) is 0 Å². The van der Waals surface area contributed by atoms with Gasteiger partial charge >= 0.3 is 0 Å². The molecular formula is C23H21N5O3S2. The molecular weight excluding hydrogens is 458 g/mol. The summed E-state index contributed by atoms with van der Waals surface area (Å²) in [5.74, 6) is -0.190. The lowest BCUT2D eigenvalue weighted by molar-refractivity contribution is -0.125. The summed E-state index contributed by atoms with van der Waals surface area (Å²) in [5, 5.41) is 6.78. The molecule has 0 unspecified atom stereocenters. The maximum absolute atomic E-state index is 13.3. The zero-order valence-corrected chi connectivity index (χ0v) is 19.5. The van der Waals surface area contributed by atoms with Gasteiger partial charge in [0.15, 0.2) is 5.84 Å². The van der Waals surface area contributed by atoms with Crippen LogP contribution >= 0.6 is 11.3 Å². The third kappa shape index (κ3) is 4.27. The van der Waals surface area contributed by atoms with Crippen LogP contribution in [0.3, 0.4) is 0 Å². The molecule has 2 aromatic heterocycles. The molecule has 0 atom stereocenters. The monoisotopic (exact) mass is 479 g/mol. The SMILES string of the molecule is CN(Cc1cn(-c2ccccc2)nc1-c1cccs1)C(=O)C1=CC=CN2CCS(=O)(=O)N=C12. The number of aromatic nitrogens is 2. The number of benzene rings is 1. The van der Waals surface area contributed by atoms with E-state index >= 15 is 0 Å². The van der Waals surface area contributed by atoms with Crippen LogP contribution < -0.4 is 0 Å². The summed E-state index contributed by atoms with van der Waals surface area (Å²) >= 11 is 1.58. The van der Waals surface area contributed by atoms with Crippen molar-refractivity contribution in [2.24, 2.45) is 4.40 Å². The minimum atomic E-state index is -3.58. The van der Waals surface area contributed by atoms with E-state index in [2.05, 4.69) is 4.40 Å². The highest BCUT2D eigenvalue weighted by molar-refractivity contribution is 7.90. The van der Waals surface area contributed by atoms with E-state index in [0.717, 1.165) is 21.8 Å². The predicted octanol–water partition coefficient (Wildman–Crippen LogP) is 3.06. The maximum Gasteiger partial charge on any atom is 0.257 e. The van der Waals surface area contributed by atoms with E-state index in [1.54, 1.807) is 46.5 Å². The van der Waals surface area contributed by atoms with Gasteiger partial charge in [0.1, 0.15) is 5.69 Å². The fourth-order valence-electron chi connectivity index (χ4n) is 3.78. The fourth-order valence-corrected chi connectivity index (χ4v) is 5.50. The molecule has 5 rings (SSSR count). The summed E-state index contributed by atoms with van der Waals surface area (Å²) in [6.45, 7) is 0.582. The van der Waals surface area contributed by atoms with E-state index in [-0.39, 0.29) is 29.6 Å². The van der Waals surface area contributed by atoms with Gasteiger partial charge in [0, 0.05) is 38.1 Å². The van der Waals surface area contributed by atoms with E-state index in [1.165, 1.54) is 0 Å². The molecule has 33 heavy (non-hydrogen) atoms. The molecule has 1 amide bonds. The molecule has 0 saturated carbocycles. The van der Waals surface area contributed by atoms with Gasteiger partial charge in [0.2, 0.25) is 0 Å². The van der Waals surface area contributed by atoms with Crippen LogP contribution in [0.15, 0.2) is 82.4 Å². The van der Waals surface area contributed by atoms with Crippen molar-refractivity contribution in [1.29, 1.82) is 0 Å². The van der Waals surface area contributed by atoms with Crippen molar-refractivity contribution in [2.45, 2.75) is 6.54 Å². The molecule has 0 fully saturated rings. The second kappa shape index (κ2) is 8.45. The highest BCUT2D eigenvalue weighted by atomic mass is 32.2. The van der Waals surface area contributed by atoms with E-state index in [0.29, 0.717) is 6.54 Å². The van der Waals surface area contributed by atoms with Crippen molar-refractivity contribution in [3.63, 3.8) is 0 Å². The van der Waals surface area contributed by atoms with Crippen molar-refractivity contribution in [2.75, 3.05) is 19.3 Å². The number of carbonyl (C=O) groups is 1. The van der Waals surface area contributed by atoms with Crippen LogP contribution in [0.5, 0.6) is 0 Å². The zero-order chi connectivity index (χ0) is 23.0. The lowest BCUT2D eigenvalue weighted by Crippen LogP contribution is -2.42. The Kier molecular flexibility index (Phi) is 5.47. The van der Waals surface area contributed by atoms with Gasteiger partial charge in [-0.1, -0.05) is 24.3 Å². The molecule has 0 saturated heterocycles. The maximum atomic E-state index is 13.3. The minimum Gasteiger partial charge on any atom is -0.337 e. The van der Waals surface area contributed by atoms with Crippen LogP contribution in [0, 0.1) is 0 Å². The summed E-state index contributed by atoms with van der Waals surface area (Å²) in [4.78, 5) is 17.6. The normalized spacial score (nSPS) is 16.7. The summed E-state index contributed by atoms with van der Waals surface area (Å²) in [5.41, 5.74) is 2.88. The molecule has 4 heterocycles. The highest BCUT2D eigenvalue weighted by Crippen LogP contribution is 2.29. The number of fused-ring (bicyclic) bond motifs is 1. The third-order valence-corrected chi connectivity index (χ3v) is 7.43. The first-order chi connectivity index (χ1) is 15.9. The Bertz CT molecular complexity index is 1390. The van der Waals surface area contributed by atoms with Crippen LogP contribution in [-0.2, 0) is 21.4 Å². The molecule has 2 aliphatic heterocycles. The van der Waals surface area contributed by atoms with Gasteiger partial charge in [-0.3, -0.25) is 4.79 Å². The number of amides is 1. The number of likely N-dealkylation sites (N-methyl/N-ethyl adjacent to an activating group) is 1. The van der Waals surface area contributed by atoms with Gasteiger partial charge < -0.3 is 9.80 Å². The first kappa shape index (κ1) is 21.4. The fraction of sp³-hybridized carbons (Fsp3) is 0.174. The first-order valence-corrected chi connectivity index (χ1v) is 12.8. The number of rotatable bonds is 5. The third-order valence-electron chi connectivity index (χ3n) is 5.41. The number of sulfonamides is 1. The number of hydrogen-bond acceptors (Lipinski definition) is 6. The summed E-state index contributed by atoms with van der Waals surface area (Å²) in [6.07, 6.45) is 7.02. The smallest absolute Gasteiger partial charge is 0.257 e. The van der Waals surface area contributed by atoms with Gasteiger partial charge in [-0.05, 0) is 35.7 Å². The quantitative estimate of drug-likeness (QED) is 0.561. The van der Waals surface area contributed by atoms with Gasteiger partial charge in [-0.25, -0.2) is 13.1 Å². The standard InChI is InChI=1S/C23H21N5O3S2/c1-26(23(29)19-9-5-11-27-12-14-33(30,31)25-22(19)27)15-17-16-28(18-7-3-2-4-8-18)24-21(17)20-10-6-13-32-20/h2-11,13,16H,12,14-15H2,1H3. The molecule has 0 aliphatic carbocycles. The minimum absolute atomic E-state index is 0.0685. The number of nitrogens with zero attached hydrogens (tertiary/aromatic N) is 5. The van der Waals surface area contributed by atoms with Crippen molar-refractivity contribution >= 4 is 33.1 Å². The van der Waals surface area contributed by atoms with Crippen LogP contribution in [0.1, 0.15) is 5.56 Å². The number of carbonyl (C=O) groups excluding carboxylic acids is 1. The van der Waals surface area contributed by atoms with E-state index in [4.69, 9.17) is 5.10 Å². The number of para-hydroxylation sites is 1. The molecule has 0 spiro atoms. The Hall–Kier alpha value is -3.50. The molecule has 1 aromatic carbocycles. The van der Waals surface area contributed by atoms with Crippen molar-refractivity contribution in [3.05, 3.63) is 83.5 Å². The second-order valence-corrected chi connectivity index (χ2v) is 10.4. The molecule has 0 bridgehead atoms. The Labute approximate surface area is 195 Å². The van der Waals surface area contributed by atoms with Crippen molar-refractivity contribution < 1.29 is 13.2 Å². The average Bonchev–Trinajstić information content (AvgIpc) is 3.48.